The molecule has 6 rings (SSSR count). The maximum absolute atomic E-state index is 13.2. The lowest BCUT2D eigenvalue weighted by molar-refractivity contribution is 0.102. The van der Waals surface area contributed by atoms with E-state index in [-0.39, 0.29) is 11.9 Å². The molecule has 0 unspecified atom stereocenters. The third kappa shape index (κ3) is 4.08. The SMILES string of the molecule is Cc1ccc(-c2nnn(C3CN(S(C)(=O)=O)C3)n2)cc1NC(=O)c1cnn2ccc(C3CC3)cc12. The Morgan fingerprint density at radius 2 is 1.94 bits per heavy atom. The molecule has 1 N–H and O–H groups in total. The number of amides is 1. The third-order valence-electron chi connectivity index (χ3n) is 6.64. The van der Waals surface area contributed by atoms with E-state index in [1.807, 2.05) is 31.3 Å². The number of pyridine rings is 1. The zero-order chi connectivity index (χ0) is 24.3. The van der Waals surface area contributed by atoms with E-state index in [4.69, 9.17) is 0 Å². The fourth-order valence-corrected chi connectivity index (χ4v) is 5.14. The molecule has 12 heteroatoms. The molecule has 1 saturated carbocycles. The number of carbonyl (C=O) groups is 1. The molecule has 4 heterocycles. The summed E-state index contributed by atoms with van der Waals surface area (Å²) in [6.07, 6.45) is 7.05. The van der Waals surface area contributed by atoms with Crippen LogP contribution in [0.25, 0.3) is 16.9 Å². The van der Waals surface area contributed by atoms with Crippen LogP contribution in [0, 0.1) is 6.92 Å². The van der Waals surface area contributed by atoms with Crippen molar-refractivity contribution in [3.05, 3.63) is 59.4 Å². The Labute approximate surface area is 201 Å². The number of hydrogen-bond acceptors (Lipinski definition) is 7. The number of carbonyl (C=O) groups excluding carboxylic acids is 1. The van der Waals surface area contributed by atoms with Crippen molar-refractivity contribution in [2.45, 2.75) is 31.7 Å². The van der Waals surface area contributed by atoms with Gasteiger partial charge in [0.1, 0.15) is 6.04 Å². The summed E-state index contributed by atoms with van der Waals surface area (Å²) in [5, 5.41) is 20.0. The number of anilines is 1. The van der Waals surface area contributed by atoms with Crippen LogP contribution in [0.4, 0.5) is 5.69 Å². The van der Waals surface area contributed by atoms with Crippen molar-refractivity contribution in [3.63, 3.8) is 0 Å². The molecule has 2 fully saturated rings. The standard InChI is InChI=1S/C23H24N8O3S/c1-14-3-4-17(22-26-28-31(27-22)18-12-29(13-18)35(2,33)34)9-20(14)25-23(32)19-11-24-30-8-7-16(10-21(19)30)15-5-6-15/h3-4,7-11,15,18H,5-6,12-13H2,1-2H3,(H,25,32). The normalized spacial score (nSPS) is 17.0. The Hall–Kier alpha value is -3.64. The number of fused-ring (bicyclic) bond motifs is 1. The summed E-state index contributed by atoms with van der Waals surface area (Å²) in [6, 6.07) is 9.55. The largest absolute Gasteiger partial charge is 0.322 e. The number of nitrogens with one attached hydrogen (secondary N) is 1. The summed E-state index contributed by atoms with van der Waals surface area (Å²) < 4.78 is 26.3. The topological polar surface area (TPSA) is 127 Å². The number of rotatable bonds is 6. The van der Waals surface area contributed by atoms with Crippen molar-refractivity contribution in [1.29, 1.82) is 0 Å². The smallest absolute Gasteiger partial charge is 0.259 e. The second-order valence-corrected chi connectivity index (χ2v) is 11.3. The minimum Gasteiger partial charge on any atom is -0.322 e. The van der Waals surface area contributed by atoms with Gasteiger partial charge in [-0.3, -0.25) is 4.79 Å². The van der Waals surface area contributed by atoms with E-state index in [0.29, 0.717) is 41.6 Å². The molecule has 11 nitrogen and oxygen atoms in total. The van der Waals surface area contributed by atoms with Crippen molar-refractivity contribution in [2.24, 2.45) is 0 Å². The molecule has 180 valence electrons. The fraction of sp³-hybridized carbons (Fsp3) is 0.348. The van der Waals surface area contributed by atoms with Crippen LogP contribution < -0.4 is 5.32 Å². The molecule has 1 amide bonds. The average Bonchev–Trinajstić information content (AvgIpc) is 3.37. The van der Waals surface area contributed by atoms with Gasteiger partial charge in [-0.05, 0) is 60.2 Å². The van der Waals surface area contributed by atoms with Crippen LogP contribution in [0.15, 0.2) is 42.7 Å². The highest BCUT2D eigenvalue weighted by Gasteiger charge is 2.36. The summed E-state index contributed by atoms with van der Waals surface area (Å²) in [5.74, 6) is 0.753. The van der Waals surface area contributed by atoms with Gasteiger partial charge < -0.3 is 5.32 Å². The highest BCUT2D eigenvalue weighted by Crippen LogP contribution is 2.40. The van der Waals surface area contributed by atoms with Gasteiger partial charge in [0.15, 0.2) is 0 Å². The molecule has 2 aliphatic rings. The van der Waals surface area contributed by atoms with Crippen LogP contribution in [-0.2, 0) is 10.0 Å². The Morgan fingerprint density at radius 1 is 1.14 bits per heavy atom. The maximum Gasteiger partial charge on any atom is 0.259 e. The highest BCUT2D eigenvalue weighted by atomic mass is 32.2. The predicted octanol–water partition coefficient (Wildman–Crippen LogP) is 2.24. The maximum atomic E-state index is 13.2. The molecular formula is C23H24N8O3S. The van der Waals surface area contributed by atoms with Crippen LogP contribution in [-0.4, -0.2) is 67.8 Å². The molecule has 0 bridgehead atoms. The number of tetrazole rings is 1. The lowest BCUT2D eigenvalue weighted by Crippen LogP contribution is -2.50. The highest BCUT2D eigenvalue weighted by molar-refractivity contribution is 7.88. The minimum absolute atomic E-state index is 0.147. The predicted molar refractivity (Wildman–Crippen MR) is 129 cm³/mol. The van der Waals surface area contributed by atoms with Crippen LogP contribution in [0.1, 0.15) is 46.3 Å². The Bertz CT molecular complexity index is 1560. The Balaban J connectivity index is 1.22. The van der Waals surface area contributed by atoms with Gasteiger partial charge >= 0.3 is 0 Å². The number of hydrogen-bond donors (Lipinski definition) is 1. The van der Waals surface area contributed by atoms with Crippen molar-refractivity contribution in [3.8, 4) is 11.4 Å². The molecule has 0 atom stereocenters. The summed E-state index contributed by atoms with van der Waals surface area (Å²) in [4.78, 5) is 14.6. The molecule has 0 spiro atoms. The first kappa shape index (κ1) is 21.9. The lowest BCUT2D eigenvalue weighted by Gasteiger charge is -2.35. The first-order valence-corrected chi connectivity index (χ1v) is 13.3. The van der Waals surface area contributed by atoms with E-state index in [1.54, 1.807) is 10.7 Å². The molecule has 0 radical (unpaired) electrons. The second-order valence-electron chi connectivity index (χ2n) is 9.27. The number of aromatic nitrogens is 6. The van der Waals surface area contributed by atoms with Crippen LogP contribution in [0.3, 0.4) is 0 Å². The van der Waals surface area contributed by atoms with E-state index in [9.17, 15) is 13.2 Å². The Morgan fingerprint density at radius 3 is 2.69 bits per heavy atom. The van der Waals surface area contributed by atoms with E-state index >= 15 is 0 Å². The van der Waals surface area contributed by atoms with E-state index in [0.717, 1.165) is 11.1 Å². The van der Waals surface area contributed by atoms with Gasteiger partial charge in [0.05, 0.1) is 23.5 Å². The van der Waals surface area contributed by atoms with Gasteiger partial charge in [0.25, 0.3) is 5.91 Å². The molecule has 1 saturated heterocycles. The number of aryl methyl sites for hydroxylation is 1. The van der Waals surface area contributed by atoms with Gasteiger partial charge in [-0.15, -0.1) is 10.2 Å². The molecular weight excluding hydrogens is 468 g/mol. The van der Waals surface area contributed by atoms with Gasteiger partial charge in [-0.1, -0.05) is 12.1 Å². The lowest BCUT2D eigenvalue weighted by atomic mass is 10.1. The van der Waals surface area contributed by atoms with Gasteiger partial charge in [0.2, 0.25) is 15.8 Å². The zero-order valence-corrected chi connectivity index (χ0v) is 20.1. The summed E-state index contributed by atoms with van der Waals surface area (Å²) in [7, 11) is -3.21. The summed E-state index contributed by atoms with van der Waals surface area (Å²) in [5.41, 5.74) is 4.79. The quantitative estimate of drug-likeness (QED) is 0.437. The molecule has 1 aliphatic heterocycles. The monoisotopic (exact) mass is 492 g/mol. The number of sulfonamides is 1. The van der Waals surface area contributed by atoms with Crippen LogP contribution in [0.5, 0.6) is 0 Å². The van der Waals surface area contributed by atoms with E-state index in [2.05, 4.69) is 38.0 Å². The third-order valence-corrected chi connectivity index (χ3v) is 7.87. The average molecular weight is 493 g/mol. The first-order valence-electron chi connectivity index (χ1n) is 11.4. The summed E-state index contributed by atoms with van der Waals surface area (Å²) >= 11 is 0. The van der Waals surface area contributed by atoms with Crippen molar-refractivity contribution >= 4 is 27.1 Å². The van der Waals surface area contributed by atoms with Crippen molar-refractivity contribution < 1.29 is 13.2 Å². The molecule has 1 aliphatic carbocycles. The summed E-state index contributed by atoms with van der Waals surface area (Å²) in [6.45, 7) is 2.57. The molecule has 4 aromatic rings. The van der Waals surface area contributed by atoms with Crippen LogP contribution >= 0.6 is 0 Å². The van der Waals surface area contributed by atoms with Gasteiger partial charge in [-0.25, -0.2) is 12.9 Å². The first-order chi connectivity index (χ1) is 16.8. The van der Waals surface area contributed by atoms with Crippen molar-refractivity contribution in [1.82, 2.24) is 34.1 Å². The van der Waals surface area contributed by atoms with Crippen LogP contribution in [0.2, 0.25) is 0 Å². The second kappa shape index (κ2) is 7.95. The molecule has 35 heavy (non-hydrogen) atoms. The molecule has 3 aromatic heterocycles. The number of nitrogens with zero attached hydrogens (tertiary/aromatic N) is 7. The zero-order valence-electron chi connectivity index (χ0n) is 19.3. The van der Waals surface area contributed by atoms with Gasteiger partial charge in [-0.2, -0.15) is 14.2 Å². The minimum atomic E-state index is -3.21. The van der Waals surface area contributed by atoms with E-state index in [1.165, 1.54) is 33.8 Å². The fourth-order valence-electron chi connectivity index (χ4n) is 4.26. The molecule has 1 aromatic carbocycles. The van der Waals surface area contributed by atoms with Crippen molar-refractivity contribution in [2.75, 3.05) is 24.7 Å². The Kier molecular flexibility index (Phi) is 4.97. The number of benzene rings is 1. The van der Waals surface area contributed by atoms with E-state index < -0.39 is 10.0 Å². The van der Waals surface area contributed by atoms with Gasteiger partial charge in [0, 0.05) is 30.5 Å².